The smallest absolute Gasteiger partial charge is 0.157 e. The molecule has 0 bridgehead atoms. The number of nitrogens with zero attached hydrogens (tertiary/aromatic N) is 1. The van der Waals surface area contributed by atoms with Crippen molar-refractivity contribution in [3.05, 3.63) is 42.1 Å². The Morgan fingerprint density at radius 1 is 1.15 bits per heavy atom. The lowest BCUT2D eigenvalue weighted by Gasteiger charge is -2.31. The number of ketones is 1. The molecule has 2 unspecified atom stereocenters. The normalized spacial score (nSPS) is 20.2. The molecule has 142 valence electrons. The molecule has 0 aromatic heterocycles. The third-order valence-electron chi connectivity index (χ3n) is 5.57. The molecule has 2 aliphatic carbocycles. The topological polar surface area (TPSA) is 38.8 Å². The number of ether oxygens (including phenoxy) is 2. The van der Waals surface area contributed by atoms with Crippen LogP contribution in [0.2, 0.25) is 0 Å². The molecule has 0 saturated heterocycles. The summed E-state index contributed by atoms with van der Waals surface area (Å²) in [7, 11) is 1.75. The zero-order valence-corrected chi connectivity index (χ0v) is 16.0. The highest BCUT2D eigenvalue weighted by atomic mass is 16.5. The number of carbonyl (C=O) groups excluding carboxylic acids is 1. The van der Waals surface area contributed by atoms with Gasteiger partial charge in [-0.1, -0.05) is 31.0 Å². The molecule has 4 heteroatoms. The fourth-order valence-electron chi connectivity index (χ4n) is 3.93. The first-order valence-corrected chi connectivity index (χ1v) is 9.91. The zero-order chi connectivity index (χ0) is 18.4. The van der Waals surface area contributed by atoms with Crippen LogP contribution in [-0.2, 0) is 14.3 Å². The second-order valence-corrected chi connectivity index (χ2v) is 7.40. The minimum absolute atomic E-state index is 0.0624. The Balaban J connectivity index is 1.70. The molecule has 2 aliphatic rings. The van der Waals surface area contributed by atoms with Crippen molar-refractivity contribution in [3.63, 3.8) is 0 Å². The van der Waals surface area contributed by atoms with Crippen LogP contribution in [0, 0.1) is 0 Å². The van der Waals surface area contributed by atoms with E-state index in [2.05, 4.69) is 24.0 Å². The summed E-state index contributed by atoms with van der Waals surface area (Å²) in [5.41, 5.74) is 2.25. The largest absolute Gasteiger partial charge is 0.379 e. The van der Waals surface area contributed by atoms with Gasteiger partial charge in [-0.05, 0) is 44.7 Å². The molecule has 2 atom stereocenters. The highest BCUT2D eigenvalue weighted by molar-refractivity contribution is 5.93. The minimum atomic E-state index is 0.0624. The van der Waals surface area contributed by atoms with Crippen LogP contribution in [0.3, 0.4) is 0 Å². The van der Waals surface area contributed by atoms with Gasteiger partial charge in [0.15, 0.2) is 5.78 Å². The summed E-state index contributed by atoms with van der Waals surface area (Å²) in [6.45, 7) is 2.92. The van der Waals surface area contributed by atoms with Gasteiger partial charge in [-0.3, -0.25) is 4.79 Å². The van der Waals surface area contributed by atoms with Crippen molar-refractivity contribution in [2.75, 3.05) is 18.6 Å². The number of benzene rings is 1. The van der Waals surface area contributed by atoms with Gasteiger partial charge >= 0.3 is 0 Å². The molecule has 4 nitrogen and oxygen atoms in total. The molecule has 0 amide bonds. The van der Waals surface area contributed by atoms with Gasteiger partial charge in [-0.25, -0.2) is 0 Å². The Morgan fingerprint density at radius 3 is 2.50 bits per heavy atom. The van der Waals surface area contributed by atoms with Crippen molar-refractivity contribution >= 4 is 11.5 Å². The van der Waals surface area contributed by atoms with Crippen molar-refractivity contribution in [3.8, 4) is 0 Å². The molecular formula is C22H31NO3. The van der Waals surface area contributed by atoms with E-state index in [9.17, 15) is 4.79 Å². The maximum atomic E-state index is 11.8. The monoisotopic (exact) mass is 357 g/mol. The van der Waals surface area contributed by atoms with Crippen LogP contribution in [0.5, 0.6) is 0 Å². The second kappa shape index (κ2) is 9.33. The lowest BCUT2D eigenvalue weighted by Crippen LogP contribution is -2.35. The molecule has 1 aromatic carbocycles. The first kappa shape index (κ1) is 19.1. The summed E-state index contributed by atoms with van der Waals surface area (Å²) in [4.78, 5) is 14.0. The van der Waals surface area contributed by atoms with E-state index < -0.39 is 0 Å². The first-order valence-electron chi connectivity index (χ1n) is 9.91. The van der Waals surface area contributed by atoms with E-state index in [1.807, 2.05) is 18.2 Å². The fraction of sp³-hybridized carbons (Fsp3) is 0.591. The van der Waals surface area contributed by atoms with Crippen LogP contribution in [0.1, 0.15) is 51.9 Å². The Bertz CT molecular complexity index is 607. The van der Waals surface area contributed by atoms with E-state index in [0.717, 1.165) is 43.6 Å². The highest BCUT2D eigenvalue weighted by Gasteiger charge is 2.26. The van der Waals surface area contributed by atoms with Crippen molar-refractivity contribution in [1.82, 2.24) is 0 Å². The van der Waals surface area contributed by atoms with Crippen LogP contribution < -0.4 is 4.90 Å². The summed E-state index contributed by atoms with van der Waals surface area (Å²) >= 11 is 0. The number of anilines is 1. The predicted molar refractivity (Wildman–Crippen MR) is 104 cm³/mol. The van der Waals surface area contributed by atoms with Gasteiger partial charge < -0.3 is 14.4 Å². The molecule has 1 fully saturated rings. The van der Waals surface area contributed by atoms with E-state index in [0.29, 0.717) is 12.5 Å². The van der Waals surface area contributed by atoms with Crippen molar-refractivity contribution in [2.45, 2.75) is 70.2 Å². The van der Waals surface area contributed by atoms with Crippen molar-refractivity contribution < 1.29 is 14.3 Å². The summed E-state index contributed by atoms with van der Waals surface area (Å²) in [5, 5.41) is 0. The third kappa shape index (κ3) is 4.95. The van der Waals surface area contributed by atoms with Gasteiger partial charge in [0.2, 0.25) is 0 Å². The number of allylic oxidation sites excluding steroid dienone is 2. The Morgan fingerprint density at radius 2 is 1.88 bits per heavy atom. The van der Waals surface area contributed by atoms with Gasteiger partial charge in [0.1, 0.15) is 0 Å². The summed E-state index contributed by atoms with van der Waals surface area (Å²) < 4.78 is 12.0. The molecular weight excluding hydrogens is 326 g/mol. The average Bonchev–Trinajstić information content (AvgIpc) is 3.33. The Labute approximate surface area is 157 Å². The fourth-order valence-corrected chi connectivity index (χ4v) is 3.93. The first-order chi connectivity index (χ1) is 12.7. The number of methoxy groups -OCH3 is 1. The molecule has 0 spiro atoms. The number of carbonyl (C=O) groups is 1. The van der Waals surface area contributed by atoms with Gasteiger partial charge in [-0.2, -0.15) is 0 Å². The summed E-state index contributed by atoms with van der Waals surface area (Å²) in [5.74, 6) is 0.227. The number of rotatable bonds is 9. The van der Waals surface area contributed by atoms with Crippen LogP contribution in [0.15, 0.2) is 42.1 Å². The van der Waals surface area contributed by atoms with E-state index in [1.165, 1.54) is 12.8 Å². The molecule has 1 aromatic rings. The van der Waals surface area contributed by atoms with Crippen LogP contribution in [-0.4, -0.2) is 37.7 Å². The summed E-state index contributed by atoms with van der Waals surface area (Å²) in [6, 6.07) is 10.3. The maximum Gasteiger partial charge on any atom is 0.157 e. The van der Waals surface area contributed by atoms with Gasteiger partial charge in [-0.15, -0.1) is 0 Å². The Kier molecular flexibility index (Phi) is 6.86. The molecule has 3 rings (SSSR count). The average molecular weight is 357 g/mol. The van der Waals surface area contributed by atoms with Crippen molar-refractivity contribution in [2.24, 2.45) is 0 Å². The lowest BCUT2D eigenvalue weighted by molar-refractivity contribution is -0.114. The standard InChI is InChI=1S/C22H31NO3/c1-17(25-2)22(26-21-10-6-7-11-21)14-15-23(18-8-4-3-5-9-18)19-12-13-20(24)16-19/h3-5,8-9,16-17,21-22H,6-7,10-15H2,1-2H3. The van der Waals surface area contributed by atoms with Crippen LogP contribution >= 0.6 is 0 Å². The van der Waals surface area contributed by atoms with Gasteiger partial charge in [0.05, 0.1) is 18.3 Å². The molecule has 0 radical (unpaired) electrons. The number of hydrogen-bond donors (Lipinski definition) is 0. The van der Waals surface area contributed by atoms with E-state index >= 15 is 0 Å². The van der Waals surface area contributed by atoms with E-state index in [1.54, 1.807) is 13.2 Å². The van der Waals surface area contributed by atoms with Crippen LogP contribution in [0.25, 0.3) is 0 Å². The number of para-hydroxylation sites is 1. The zero-order valence-electron chi connectivity index (χ0n) is 16.0. The molecule has 0 heterocycles. The molecule has 26 heavy (non-hydrogen) atoms. The number of hydrogen-bond acceptors (Lipinski definition) is 4. The van der Waals surface area contributed by atoms with Crippen molar-refractivity contribution in [1.29, 1.82) is 0 Å². The second-order valence-electron chi connectivity index (χ2n) is 7.40. The third-order valence-corrected chi connectivity index (χ3v) is 5.57. The lowest BCUT2D eigenvalue weighted by atomic mass is 10.1. The molecule has 0 aliphatic heterocycles. The Hall–Kier alpha value is -1.65. The van der Waals surface area contributed by atoms with E-state index in [-0.39, 0.29) is 18.0 Å². The van der Waals surface area contributed by atoms with Gasteiger partial charge in [0, 0.05) is 37.5 Å². The SMILES string of the molecule is COC(C)C(CCN(C1=CC(=O)CC1)c1ccccc1)OC1CCCC1. The minimum Gasteiger partial charge on any atom is -0.379 e. The van der Waals surface area contributed by atoms with E-state index in [4.69, 9.17) is 9.47 Å². The summed E-state index contributed by atoms with van der Waals surface area (Å²) in [6.07, 6.45) is 9.50. The predicted octanol–water partition coefficient (Wildman–Crippen LogP) is 4.49. The van der Waals surface area contributed by atoms with Crippen LogP contribution in [0.4, 0.5) is 5.69 Å². The molecule has 0 N–H and O–H groups in total. The molecule has 1 saturated carbocycles. The quantitative estimate of drug-likeness (QED) is 0.653. The van der Waals surface area contributed by atoms with Gasteiger partial charge in [0.25, 0.3) is 0 Å². The maximum absolute atomic E-state index is 11.8. The highest BCUT2D eigenvalue weighted by Crippen LogP contribution is 2.28.